The summed E-state index contributed by atoms with van der Waals surface area (Å²) in [5.74, 6) is -1.00. The minimum atomic E-state index is -0.865. The molecule has 0 saturated heterocycles. The van der Waals surface area contributed by atoms with Gasteiger partial charge in [-0.1, -0.05) is 30.3 Å². The fourth-order valence-electron chi connectivity index (χ4n) is 2.05. The predicted molar refractivity (Wildman–Crippen MR) is 77.8 cm³/mol. The van der Waals surface area contributed by atoms with Crippen LogP contribution in [0.3, 0.4) is 0 Å². The van der Waals surface area contributed by atoms with E-state index in [0.29, 0.717) is 19.4 Å². The standard InChI is InChI=1S/C17H17FO3/c18-15-8-6-13(7-9-15)12-14(17(19)20)10-11-21-16-4-2-1-3-5-16/h1-9,14H,10-12H2,(H,19,20). The number of hydrogen-bond acceptors (Lipinski definition) is 2. The van der Waals surface area contributed by atoms with Gasteiger partial charge in [-0.3, -0.25) is 4.79 Å². The molecule has 4 heteroatoms. The molecule has 21 heavy (non-hydrogen) atoms. The van der Waals surface area contributed by atoms with Crippen molar-refractivity contribution in [2.45, 2.75) is 12.8 Å². The number of carbonyl (C=O) groups is 1. The number of carboxylic acid groups (broad SMARTS) is 1. The molecule has 0 aromatic heterocycles. The molecule has 3 nitrogen and oxygen atoms in total. The summed E-state index contributed by atoms with van der Waals surface area (Å²) in [6.07, 6.45) is 0.773. The summed E-state index contributed by atoms with van der Waals surface area (Å²) in [5, 5.41) is 9.26. The lowest BCUT2D eigenvalue weighted by Crippen LogP contribution is -2.19. The van der Waals surface area contributed by atoms with Crippen LogP contribution in [0.1, 0.15) is 12.0 Å². The van der Waals surface area contributed by atoms with E-state index in [0.717, 1.165) is 11.3 Å². The number of carboxylic acids is 1. The number of halogens is 1. The molecule has 0 aliphatic rings. The highest BCUT2D eigenvalue weighted by molar-refractivity contribution is 5.70. The third-order valence-corrected chi connectivity index (χ3v) is 3.22. The lowest BCUT2D eigenvalue weighted by molar-refractivity contribution is -0.142. The fraction of sp³-hybridized carbons (Fsp3) is 0.235. The molecule has 0 bridgehead atoms. The van der Waals surface area contributed by atoms with Crippen LogP contribution in [0, 0.1) is 11.7 Å². The molecule has 2 aromatic carbocycles. The summed E-state index contributed by atoms with van der Waals surface area (Å²) in [6.45, 7) is 0.335. The maximum absolute atomic E-state index is 12.8. The molecule has 0 saturated carbocycles. The Balaban J connectivity index is 1.87. The molecule has 0 amide bonds. The lowest BCUT2D eigenvalue weighted by atomic mass is 9.96. The smallest absolute Gasteiger partial charge is 0.306 e. The van der Waals surface area contributed by atoms with Gasteiger partial charge in [0, 0.05) is 0 Å². The van der Waals surface area contributed by atoms with Crippen molar-refractivity contribution in [1.82, 2.24) is 0 Å². The average Bonchev–Trinajstić information content (AvgIpc) is 2.49. The first kappa shape index (κ1) is 15.0. The van der Waals surface area contributed by atoms with Gasteiger partial charge in [-0.05, 0) is 42.7 Å². The molecule has 2 aromatic rings. The van der Waals surface area contributed by atoms with E-state index in [9.17, 15) is 14.3 Å². The highest BCUT2D eigenvalue weighted by atomic mass is 19.1. The summed E-state index contributed by atoms with van der Waals surface area (Å²) in [5.41, 5.74) is 0.809. The predicted octanol–water partition coefficient (Wildman–Crippen LogP) is 3.54. The zero-order valence-corrected chi connectivity index (χ0v) is 11.5. The molecule has 0 heterocycles. The topological polar surface area (TPSA) is 46.5 Å². The maximum atomic E-state index is 12.8. The molecule has 0 radical (unpaired) electrons. The van der Waals surface area contributed by atoms with Gasteiger partial charge in [-0.15, -0.1) is 0 Å². The summed E-state index contributed by atoms with van der Waals surface area (Å²) in [4.78, 5) is 11.3. The van der Waals surface area contributed by atoms with Crippen LogP contribution in [0.4, 0.5) is 4.39 Å². The van der Waals surface area contributed by atoms with Crippen LogP contribution in [-0.4, -0.2) is 17.7 Å². The van der Waals surface area contributed by atoms with Gasteiger partial charge in [0.25, 0.3) is 0 Å². The van der Waals surface area contributed by atoms with Crippen molar-refractivity contribution in [2.75, 3.05) is 6.61 Å². The first-order valence-electron chi connectivity index (χ1n) is 6.80. The van der Waals surface area contributed by atoms with Gasteiger partial charge in [0.05, 0.1) is 12.5 Å². The van der Waals surface area contributed by atoms with Crippen molar-refractivity contribution in [2.24, 2.45) is 5.92 Å². The van der Waals surface area contributed by atoms with Crippen LogP contribution in [-0.2, 0) is 11.2 Å². The van der Waals surface area contributed by atoms with Crippen LogP contribution in [0.2, 0.25) is 0 Å². The zero-order chi connectivity index (χ0) is 15.1. The van der Waals surface area contributed by atoms with Crippen LogP contribution >= 0.6 is 0 Å². The SMILES string of the molecule is O=C(O)C(CCOc1ccccc1)Cc1ccc(F)cc1. The maximum Gasteiger partial charge on any atom is 0.306 e. The van der Waals surface area contributed by atoms with Gasteiger partial charge in [0.1, 0.15) is 11.6 Å². The Kier molecular flexibility index (Phi) is 5.32. The van der Waals surface area contributed by atoms with Gasteiger partial charge in [0.15, 0.2) is 0 Å². The third kappa shape index (κ3) is 4.91. The van der Waals surface area contributed by atoms with E-state index < -0.39 is 11.9 Å². The van der Waals surface area contributed by atoms with Crippen molar-refractivity contribution < 1.29 is 19.0 Å². The second kappa shape index (κ2) is 7.43. The zero-order valence-electron chi connectivity index (χ0n) is 11.5. The van der Waals surface area contributed by atoms with Gasteiger partial charge in [-0.2, -0.15) is 0 Å². The Morgan fingerprint density at radius 3 is 2.38 bits per heavy atom. The normalized spacial score (nSPS) is 11.9. The Bertz CT molecular complexity index is 566. The first-order chi connectivity index (χ1) is 10.1. The molecule has 2 rings (SSSR count). The van der Waals surface area contributed by atoms with E-state index in [-0.39, 0.29) is 5.82 Å². The minimum absolute atomic E-state index is 0.321. The van der Waals surface area contributed by atoms with E-state index in [4.69, 9.17) is 4.74 Å². The minimum Gasteiger partial charge on any atom is -0.494 e. The Labute approximate surface area is 123 Å². The lowest BCUT2D eigenvalue weighted by Gasteiger charge is -2.13. The fourth-order valence-corrected chi connectivity index (χ4v) is 2.05. The molecular formula is C17H17FO3. The molecular weight excluding hydrogens is 271 g/mol. The van der Waals surface area contributed by atoms with Crippen molar-refractivity contribution in [1.29, 1.82) is 0 Å². The van der Waals surface area contributed by atoms with Crippen LogP contribution in [0.15, 0.2) is 54.6 Å². The molecule has 0 spiro atoms. The summed E-state index contributed by atoms with van der Waals surface area (Å²) in [7, 11) is 0. The monoisotopic (exact) mass is 288 g/mol. The molecule has 0 fully saturated rings. The number of aliphatic carboxylic acids is 1. The Morgan fingerprint density at radius 1 is 1.10 bits per heavy atom. The first-order valence-corrected chi connectivity index (χ1v) is 6.80. The number of hydrogen-bond donors (Lipinski definition) is 1. The van der Waals surface area contributed by atoms with Crippen LogP contribution in [0.25, 0.3) is 0 Å². The second-order valence-corrected chi connectivity index (χ2v) is 4.82. The summed E-state index contributed by atoms with van der Waals surface area (Å²) >= 11 is 0. The largest absolute Gasteiger partial charge is 0.494 e. The van der Waals surface area contributed by atoms with Gasteiger partial charge in [-0.25, -0.2) is 4.39 Å². The second-order valence-electron chi connectivity index (χ2n) is 4.82. The van der Waals surface area contributed by atoms with Gasteiger partial charge in [0.2, 0.25) is 0 Å². The Morgan fingerprint density at radius 2 is 1.76 bits per heavy atom. The highest BCUT2D eigenvalue weighted by Crippen LogP contribution is 2.15. The van der Waals surface area contributed by atoms with Crippen LogP contribution < -0.4 is 4.74 Å². The highest BCUT2D eigenvalue weighted by Gasteiger charge is 2.18. The van der Waals surface area contributed by atoms with Crippen molar-refractivity contribution >= 4 is 5.97 Å². The van der Waals surface area contributed by atoms with Gasteiger partial charge >= 0.3 is 5.97 Å². The van der Waals surface area contributed by atoms with Gasteiger partial charge < -0.3 is 9.84 Å². The van der Waals surface area contributed by atoms with Crippen LogP contribution in [0.5, 0.6) is 5.75 Å². The molecule has 1 unspecified atom stereocenters. The number of rotatable bonds is 7. The third-order valence-electron chi connectivity index (χ3n) is 3.22. The number of benzene rings is 2. The summed E-state index contributed by atoms with van der Waals surface area (Å²) < 4.78 is 18.4. The average molecular weight is 288 g/mol. The quantitative estimate of drug-likeness (QED) is 0.847. The van der Waals surface area contributed by atoms with E-state index in [2.05, 4.69) is 0 Å². The van der Waals surface area contributed by atoms with E-state index in [1.165, 1.54) is 12.1 Å². The van der Waals surface area contributed by atoms with Crippen molar-refractivity contribution in [3.8, 4) is 5.75 Å². The molecule has 110 valence electrons. The molecule has 0 aliphatic heterocycles. The number of para-hydroxylation sites is 1. The van der Waals surface area contributed by atoms with E-state index in [1.54, 1.807) is 12.1 Å². The summed E-state index contributed by atoms with van der Waals surface area (Å²) in [6, 6.07) is 15.2. The molecule has 1 atom stereocenters. The molecule has 0 aliphatic carbocycles. The van der Waals surface area contributed by atoms with Crippen molar-refractivity contribution in [3.63, 3.8) is 0 Å². The van der Waals surface area contributed by atoms with E-state index in [1.807, 2.05) is 30.3 Å². The molecule has 1 N–H and O–H groups in total. The van der Waals surface area contributed by atoms with E-state index >= 15 is 0 Å². The van der Waals surface area contributed by atoms with Crippen molar-refractivity contribution in [3.05, 3.63) is 66.0 Å². The Hall–Kier alpha value is -2.36. The number of ether oxygens (including phenoxy) is 1.